The van der Waals surface area contributed by atoms with Gasteiger partial charge >= 0.3 is 5.97 Å². The van der Waals surface area contributed by atoms with Gasteiger partial charge in [-0.15, -0.1) is 0 Å². The van der Waals surface area contributed by atoms with Crippen LogP contribution in [0.5, 0.6) is 0 Å². The van der Waals surface area contributed by atoms with Crippen LogP contribution in [0.2, 0.25) is 0 Å². The predicted molar refractivity (Wildman–Crippen MR) is 45.0 cm³/mol. The molecular formula is C9H16O2. The van der Waals surface area contributed by atoms with Crippen molar-refractivity contribution in [2.24, 2.45) is 5.92 Å². The summed E-state index contributed by atoms with van der Waals surface area (Å²) in [6.45, 7) is 9.28. The molecule has 2 nitrogen and oxygen atoms in total. The lowest BCUT2D eigenvalue weighted by molar-refractivity contribution is -0.143. The van der Waals surface area contributed by atoms with Crippen LogP contribution in [0.15, 0.2) is 11.3 Å². The van der Waals surface area contributed by atoms with E-state index in [1.165, 1.54) is 0 Å². The van der Waals surface area contributed by atoms with Crippen LogP contribution in [0.3, 0.4) is 0 Å². The van der Waals surface area contributed by atoms with Crippen LogP contribution in [0, 0.1) is 5.92 Å². The van der Waals surface area contributed by atoms with Gasteiger partial charge in [0.25, 0.3) is 0 Å². The average molecular weight is 156 g/mol. The maximum Gasteiger partial charge on any atom is 0.313 e. The van der Waals surface area contributed by atoms with Crippen molar-refractivity contribution in [2.75, 3.05) is 0 Å². The van der Waals surface area contributed by atoms with E-state index in [-0.39, 0.29) is 11.9 Å². The van der Waals surface area contributed by atoms with Crippen molar-refractivity contribution in [3.05, 3.63) is 11.3 Å². The molecule has 0 aromatic rings. The predicted octanol–water partition coefficient (Wildman–Crippen LogP) is 2.50. The fourth-order valence-corrected chi connectivity index (χ4v) is 0.371. The van der Waals surface area contributed by atoms with Gasteiger partial charge < -0.3 is 4.74 Å². The molecule has 0 bridgehead atoms. The Kier molecular flexibility index (Phi) is 3.86. The molecule has 0 saturated heterocycles. The molecule has 0 radical (unpaired) electrons. The standard InChI is InChI=1S/C9H16O2/c1-6(2)8(5)11-9(10)7(3)4/h7H,1-5H3. The summed E-state index contributed by atoms with van der Waals surface area (Å²) in [5.74, 6) is 0.497. The molecule has 0 atom stereocenters. The molecule has 0 aromatic carbocycles. The van der Waals surface area contributed by atoms with Crippen molar-refractivity contribution in [2.45, 2.75) is 34.6 Å². The first-order valence-corrected chi connectivity index (χ1v) is 3.81. The molecule has 0 unspecified atom stereocenters. The van der Waals surface area contributed by atoms with Crippen LogP contribution >= 0.6 is 0 Å². The van der Waals surface area contributed by atoms with Crippen molar-refractivity contribution in [1.82, 2.24) is 0 Å². The van der Waals surface area contributed by atoms with E-state index in [1.807, 2.05) is 27.7 Å². The molecular weight excluding hydrogens is 140 g/mol. The summed E-state index contributed by atoms with van der Waals surface area (Å²) in [6.07, 6.45) is 0. The second kappa shape index (κ2) is 4.16. The Hall–Kier alpha value is -0.790. The summed E-state index contributed by atoms with van der Waals surface area (Å²) in [4.78, 5) is 11.0. The van der Waals surface area contributed by atoms with Gasteiger partial charge in [0, 0.05) is 0 Å². The first-order valence-electron chi connectivity index (χ1n) is 3.81. The third-order valence-electron chi connectivity index (χ3n) is 1.43. The van der Waals surface area contributed by atoms with Crippen LogP contribution in [0.25, 0.3) is 0 Å². The van der Waals surface area contributed by atoms with E-state index in [9.17, 15) is 4.79 Å². The molecule has 64 valence electrons. The van der Waals surface area contributed by atoms with Gasteiger partial charge in [-0.3, -0.25) is 4.79 Å². The summed E-state index contributed by atoms with van der Waals surface area (Å²) in [6, 6.07) is 0. The first-order chi connectivity index (χ1) is 4.95. The van der Waals surface area contributed by atoms with Gasteiger partial charge in [-0.1, -0.05) is 13.8 Å². The minimum atomic E-state index is -0.163. The molecule has 2 heteroatoms. The lowest BCUT2D eigenvalue weighted by atomic mass is 10.2. The van der Waals surface area contributed by atoms with Gasteiger partial charge in [-0.05, 0) is 26.3 Å². The highest BCUT2D eigenvalue weighted by molar-refractivity contribution is 5.72. The van der Waals surface area contributed by atoms with Crippen molar-refractivity contribution >= 4 is 5.97 Å². The molecule has 0 rings (SSSR count). The molecule has 0 aromatic heterocycles. The number of ether oxygens (including phenoxy) is 1. The Bertz CT molecular complexity index is 174. The van der Waals surface area contributed by atoms with E-state index in [0.717, 1.165) is 5.57 Å². The minimum absolute atomic E-state index is 0.0516. The molecule has 0 amide bonds. The highest BCUT2D eigenvalue weighted by Gasteiger charge is 2.08. The molecule has 0 aliphatic rings. The third kappa shape index (κ3) is 3.81. The zero-order chi connectivity index (χ0) is 9.02. The summed E-state index contributed by atoms with van der Waals surface area (Å²) >= 11 is 0. The van der Waals surface area contributed by atoms with Gasteiger partial charge in [0.15, 0.2) is 0 Å². The molecule has 0 aliphatic carbocycles. The number of esters is 1. The molecule has 0 N–H and O–H groups in total. The lowest BCUT2D eigenvalue weighted by Crippen LogP contribution is -2.10. The normalized spacial score (nSPS) is 9.64. The number of hydrogen-bond donors (Lipinski definition) is 0. The van der Waals surface area contributed by atoms with Crippen molar-refractivity contribution < 1.29 is 9.53 Å². The first kappa shape index (κ1) is 10.2. The number of rotatable bonds is 2. The fraction of sp³-hybridized carbons (Fsp3) is 0.667. The Labute approximate surface area is 68.2 Å². The molecule has 0 heterocycles. The summed E-state index contributed by atoms with van der Waals surface area (Å²) in [7, 11) is 0. The molecule has 0 fully saturated rings. The van der Waals surface area contributed by atoms with E-state index >= 15 is 0 Å². The monoisotopic (exact) mass is 156 g/mol. The number of hydrogen-bond acceptors (Lipinski definition) is 2. The Balaban J connectivity index is 4.07. The SMILES string of the molecule is CC(C)=C(C)OC(=O)C(C)C. The van der Waals surface area contributed by atoms with E-state index < -0.39 is 0 Å². The van der Waals surface area contributed by atoms with Gasteiger partial charge in [0.2, 0.25) is 0 Å². The van der Waals surface area contributed by atoms with E-state index in [4.69, 9.17) is 4.74 Å². The summed E-state index contributed by atoms with van der Waals surface area (Å²) < 4.78 is 5.01. The van der Waals surface area contributed by atoms with E-state index in [0.29, 0.717) is 5.76 Å². The van der Waals surface area contributed by atoms with Gasteiger partial charge in [0.1, 0.15) is 5.76 Å². The second-order valence-electron chi connectivity index (χ2n) is 3.13. The lowest BCUT2D eigenvalue weighted by Gasteiger charge is -2.07. The summed E-state index contributed by atoms with van der Waals surface area (Å²) in [5, 5.41) is 0. The maximum atomic E-state index is 11.0. The largest absolute Gasteiger partial charge is 0.431 e. The Morgan fingerprint density at radius 3 is 1.91 bits per heavy atom. The van der Waals surface area contributed by atoms with Crippen LogP contribution in [-0.2, 0) is 9.53 Å². The average Bonchev–Trinajstić information content (AvgIpc) is 1.87. The van der Waals surface area contributed by atoms with Gasteiger partial charge in [-0.25, -0.2) is 0 Å². The number of allylic oxidation sites excluding steroid dienone is 2. The minimum Gasteiger partial charge on any atom is -0.431 e. The van der Waals surface area contributed by atoms with Crippen molar-refractivity contribution in [1.29, 1.82) is 0 Å². The third-order valence-corrected chi connectivity index (χ3v) is 1.43. The van der Waals surface area contributed by atoms with Crippen molar-refractivity contribution in [3.63, 3.8) is 0 Å². The molecule has 0 aliphatic heterocycles. The van der Waals surface area contributed by atoms with E-state index in [2.05, 4.69) is 0 Å². The molecule has 11 heavy (non-hydrogen) atoms. The zero-order valence-electron chi connectivity index (χ0n) is 7.89. The van der Waals surface area contributed by atoms with Gasteiger partial charge in [-0.2, -0.15) is 0 Å². The number of carbonyl (C=O) groups excluding carboxylic acids is 1. The van der Waals surface area contributed by atoms with Crippen molar-refractivity contribution in [3.8, 4) is 0 Å². The van der Waals surface area contributed by atoms with Crippen LogP contribution in [-0.4, -0.2) is 5.97 Å². The van der Waals surface area contributed by atoms with Crippen LogP contribution in [0.1, 0.15) is 34.6 Å². The smallest absolute Gasteiger partial charge is 0.313 e. The highest BCUT2D eigenvalue weighted by Crippen LogP contribution is 2.07. The Morgan fingerprint density at radius 2 is 1.64 bits per heavy atom. The quantitative estimate of drug-likeness (QED) is 0.453. The highest BCUT2D eigenvalue weighted by atomic mass is 16.5. The maximum absolute atomic E-state index is 11.0. The molecule has 0 saturated carbocycles. The summed E-state index contributed by atoms with van der Waals surface area (Å²) in [5.41, 5.74) is 1.04. The molecule has 0 spiro atoms. The number of carbonyl (C=O) groups is 1. The van der Waals surface area contributed by atoms with Gasteiger partial charge in [0.05, 0.1) is 5.92 Å². The van der Waals surface area contributed by atoms with Crippen LogP contribution in [0.4, 0.5) is 0 Å². The van der Waals surface area contributed by atoms with E-state index in [1.54, 1.807) is 6.92 Å². The fourth-order valence-electron chi connectivity index (χ4n) is 0.371. The van der Waals surface area contributed by atoms with Crippen LogP contribution < -0.4 is 0 Å². The zero-order valence-corrected chi connectivity index (χ0v) is 7.89. The Morgan fingerprint density at radius 1 is 1.18 bits per heavy atom. The topological polar surface area (TPSA) is 26.3 Å². The second-order valence-corrected chi connectivity index (χ2v) is 3.13.